The van der Waals surface area contributed by atoms with Crippen LogP contribution >= 0.6 is 24.8 Å². The standard InChI is InChI=1S/C14H18F4N2.2ClH/c1-2-13(20-7-5-19-6-8-20)11-4-3-10(9-12(11)15)14(16,17)18;;/h3-4,9,13,19H,2,5-8H2,1H3;2*1H/t13-;;/m0../s1. The number of nitrogens with one attached hydrogen (secondary N) is 1. The van der Waals surface area contributed by atoms with Gasteiger partial charge in [-0.3, -0.25) is 4.90 Å². The number of nitrogens with zero attached hydrogens (tertiary/aromatic N) is 1. The lowest BCUT2D eigenvalue weighted by atomic mass is 9.99. The second kappa shape index (κ2) is 8.91. The molecule has 2 nitrogen and oxygen atoms in total. The van der Waals surface area contributed by atoms with Crippen molar-refractivity contribution in [2.75, 3.05) is 26.2 Å². The van der Waals surface area contributed by atoms with Crippen LogP contribution < -0.4 is 5.32 Å². The molecule has 128 valence electrons. The zero-order valence-electron chi connectivity index (χ0n) is 12.1. The summed E-state index contributed by atoms with van der Waals surface area (Å²) in [6, 6.07) is 2.66. The quantitative estimate of drug-likeness (QED) is 0.816. The fraction of sp³-hybridized carbons (Fsp3) is 0.571. The first-order valence-electron chi connectivity index (χ1n) is 6.75. The molecule has 22 heavy (non-hydrogen) atoms. The van der Waals surface area contributed by atoms with Crippen LogP contribution in [0.4, 0.5) is 17.6 Å². The van der Waals surface area contributed by atoms with E-state index in [1.54, 1.807) is 0 Å². The second-order valence-corrected chi connectivity index (χ2v) is 4.94. The monoisotopic (exact) mass is 362 g/mol. The minimum absolute atomic E-state index is 0. The minimum atomic E-state index is -4.50. The zero-order valence-corrected chi connectivity index (χ0v) is 13.8. The van der Waals surface area contributed by atoms with E-state index in [1.165, 1.54) is 6.07 Å². The van der Waals surface area contributed by atoms with Gasteiger partial charge in [0.25, 0.3) is 0 Å². The Morgan fingerprint density at radius 2 is 1.77 bits per heavy atom. The first-order chi connectivity index (χ1) is 9.43. The van der Waals surface area contributed by atoms with Gasteiger partial charge in [-0.05, 0) is 18.6 Å². The van der Waals surface area contributed by atoms with Crippen LogP contribution in [0.25, 0.3) is 0 Å². The summed E-state index contributed by atoms with van der Waals surface area (Å²) in [5, 5.41) is 3.20. The van der Waals surface area contributed by atoms with E-state index >= 15 is 0 Å². The Hall–Kier alpha value is -0.560. The summed E-state index contributed by atoms with van der Waals surface area (Å²) in [7, 11) is 0. The second-order valence-electron chi connectivity index (χ2n) is 4.94. The maximum absolute atomic E-state index is 14.0. The minimum Gasteiger partial charge on any atom is -0.314 e. The zero-order chi connectivity index (χ0) is 14.8. The summed E-state index contributed by atoms with van der Waals surface area (Å²) in [6.45, 7) is 5.11. The topological polar surface area (TPSA) is 15.3 Å². The van der Waals surface area contributed by atoms with Crippen LogP contribution in [0.15, 0.2) is 18.2 Å². The van der Waals surface area contributed by atoms with E-state index in [4.69, 9.17) is 0 Å². The molecule has 0 aromatic heterocycles. The van der Waals surface area contributed by atoms with Crippen LogP contribution in [-0.2, 0) is 6.18 Å². The van der Waals surface area contributed by atoms with E-state index < -0.39 is 17.6 Å². The third kappa shape index (κ3) is 4.98. The number of hydrogen-bond acceptors (Lipinski definition) is 2. The lowest BCUT2D eigenvalue weighted by Gasteiger charge is -2.35. The summed E-state index contributed by atoms with van der Waals surface area (Å²) in [4.78, 5) is 2.11. The largest absolute Gasteiger partial charge is 0.416 e. The average Bonchev–Trinajstić information content (AvgIpc) is 2.41. The highest BCUT2D eigenvalue weighted by Gasteiger charge is 2.32. The van der Waals surface area contributed by atoms with Crippen molar-refractivity contribution >= 4 is 24.8 Å². The predicted molar refractivity (Wildman–Crippen MR) is 83.4 cm³/mol. The summed E-state index contributed by atoms with van der Waals surface area (Å²) >= 11 is 0. The maximum Gasteiger partial charge on any atom is 0.416 e. The number of alkyl halides is 3. The average molecular weight is 363 g/mol. The van der Waals surface area contributed by atoms with Crippen molar-refractivity contribution in [2.24, 2.45) is 0 Å². The normalized spacial score (nSPS) is 17.3. The van der Waals surface area contributed by atoms with Gasteiger partial charge in [0.2, 0.25) is 0 Å². The van der Waals surface area contributed by atoms with Crippen LogP contribution in [0.2, 0.25) is 0 Å². The Morgan fingerprint density at radius 1 is 1.18 bits per heavy atom. The fourth-order valence-electron chi connectivity index (χ4n) is 2.64. The van der Waals surface area contributed by atoms with Gasteiger partial charge >= 0.3 is 6.18 Å². The van der Waals surface area contributed by atoms with Crippen molar-refractivity contribution in [2.45, 2.75) is 25.6 Å². The van der Waals surface area contributed by atoms with Crippen LogP contribution in [0.1, 0.15) is 30.5 Å². The molecular formula is C14H20Cl2F4N2. The van der Waals surface area contributed by atoms with E-state index in [2.05, 4.69) is 10.2 Å². The van der Waals surface area contributed by atoms with Crippen molar-refractivity contribution in [3.63, 3.8) is 0 Å². The van der Waals surface area contributed by atoms with Gasteiger partial charge in [-0.2, -0.15) is 13.2 Å². The molecule has 1 fully saturated rings. The number of hydrogen-bond donors (Lipinski definition) is 1. The van der Waals surface area contributed by atoms with Crippen molar-refractivity contribution < 1.29 is 17.6 Å². The molecule has 1 aromatic carbocycles. The molecule has 0 radical (unpaired) electrons. The summed E-state index contributed by atoms with van der Waals surface area (Å²) < 4.78 is 51.7. The van der Waals surface area contributed by atoms with Gasteiger partial charge in [0.15, 0.2) is 0 Å². The number of benzene rings is 1. The van der Waals surface area contributed by atoms with E-state index in [0.29, 0.717) is 18.1 Å². The molecule has 1 aliphatic heterocycles. The molecule has 1 N–H and O–H groups in total. The highest BCUT2D eigenvalue weighted by molar-refractivity contribution is 5.85. The SMILES string of the molecule is CC[C@@H](c1ccc(C(F)(F)F)cc1F)N1CCNCC1.Cl.Cl. The molecule has 1 aliphatic rings. The van der Waals surface area contributed by atoms with Crippen molar-refractivity contribution in [3.8, 4) is 0 Å². The molecule has 0 spiro atoms. The number of piperazine rings is 1. The summed E-state index contributed by atoms with van der Waals surface area (Å²) in [6.07, 6.45) is -3.83. The van der Waals surface area contributed by atoms with Crippen LogP contribution in [0.5, 0.6) is 0 Å². The van der Waals surface area contributed by atoms with Crippen molar-refractivity contribution in [1.82, 2.24) is 10.2 Å². The van der Waals surface area contributed by atoms with Gasteiger partial charge in [0.05, 0.1) is 5.56 Å². The third-order valence-electron chi connectivity index (χ3n) is 3.67. The first kappa shape index (κ1) is 21.4. The molecule has 0 unspecified atom stereocenters. The van der Waals surface area contributed by atoms with Gasteiger partial charge in [-0.15, -0.1) is 24.8 Å². The first-order valence-corrected chi connectivity index (χ1v) is 6.75. The van der Waals surface area contributed by atoms with Crippen molar-refractivity contribution in [1.29, 1.82) is 0 Å². The van der Waals surface area contributed by atoms with E-state index in [0.717, 1.165) is 32.2 Å². The molecule has 1 atom stereocenters. The van der Waals surface area contributed by atoms with E-state index in [9.17, 15) is 17.6 Å². The van der Waals surface area contributed by atoms with Gasteiger partial charge < -0.3 is 5.32 Å². The molecule has 0 aliphatic carbocycles. The Kier molecular flexibility index (Phi) is 8.69. The summed E-state index contributed by atoms with van der Waals surface area (Å²) in [5.41, 5.74) is -0.587. The van der Waals surface area contributed by atoms with Crippen LogP contribution in [0.3, 0.4) is 0 Å². The molecule has 0 bridgehead atoms. The van der Waals surface area contributed by atoms with E-state index in [1.807, 2.05) is 6.92 Å². The smallest absolute Gasteiger partial charge is 0.314 e. The van der Waals surface area contributed by atoms with Crippen molar-refractivity contribution in [3.05, 3.63) is 35.1 Å². The van der Waals surface area contributed by atoms with Gasteiger partial charge in [0, 0.05) is 37.8 Å². The number of rotatable bonds is 3. The lowest BCUT2D eigenvalue weighted by Crippen LogP contribution is -2.45. The predicted octanol–water partition coefficient (Wildman–Crippen LogP) is 4.04. The Balaban J connectivity index is 0.00000220. The molecule has 1 saturated heterocycles. The van der Waals surface area contributed by atoms with Gasteiger partial charge in [-0.1, -0.05) is 13.0 Å². The molecule has 1 aromatic rings. The molecule has 0 saturated carbocycles. The summed E-state index contributed by atoms with van der Waals surface area (Å²) in [5.74, 6) is -0.773. The highest BCUT2D eigenvalue weighted by Crippen LogP contribution is 2.33. The van der Waals surface area contributed by atoms with Gasteiger partial charge in [0.1, 0.15) is 5.82 Å². The van der Waals surface area contributed by atoms with E-state index in [-0.39, 0.29) is 30.9 Å². The molecule has 2 rings (SSSR count). The Morgan fingerprint density at radius 3 is 2.23 bits per heavy atom. The van der Waals surface area contributed by atoms with Crippen LogP contribution in [-0.4, -0.2) is 31.1 Å². The van der Waals surface area contributed by atoms with Gasteiger partial charge in [-0.25, -0.2) is 4.39 Å². The third-order valence-corrected chi connectivity index (χ3v) is 3.67. The molecule has 8 heteroatoms. The van der Waals surface area contributed by atoms with Crippen LogP contribution in [0, 0.1) is 5.82 Å². The molecule has 1 heterocycles. The molecular weight excluding hydrogens is 343 g/mol. The Bertz CT molecular complexity index is 463. The Labute approximate surface area is 140 Å². The highest BCUT2D eigenvalue weighted by atomic mass is 35.5. The maximum atomic E-state index is 14.0. The number of halogens is 6. The molecule has 0 amide bonds. The fourth-order valence-corrected chi connectivity index (χ4v) is 2.64. The lowest BCUT2D eigenvalue weighted by molar-refractivity contribution is -0.137.